The molecule has 0 heterocycles. The van der Waals surface area contributed by atoms with E-state index in [2.05, 4.69) is 37.2 Å². The molecule has 1 aromatic carbocycles. The number of carboxylic acid groups (broad SMARTS) is 1. The van der Waals surface area contributed by atoms with Gasteiger partial charge in [0.15, 0.2) is 0 Å². The summed E-state index contributed by atoms with van der Waals surface area (Å²) < 4.78 is 1.07. The lowest BCUT2D eigenvalue weighted by Gasteiger charge is -2.26. The zero-order valence-electron chi connectivity index (χ0n) is 11.3. The summed E-state index contributed by atoms with van der Waals surface area (Å²) in [5.74, 6) is -1.56. The second-order valence-electron chi connectivity index (χ2n) is 5.45. The van der Waals surface area contributed by atoms with E-state index in [9.17, 15) is 14.7 Å². The molecule has 0 saturated heterocycles. The normalized spacial score (nSPS) is 12.9. The van der Waals surface area contributed by atoms with Crippen LogP contribution in [0.15, 0.2) is 21.1 Å². The molecule has 20 heavy (non-hydrogen) atoms. The van der Waals surface area contributed by atoms with E-state index in [0.717, 1.165) is 0 Å². The van der Waals surface area contributed by atoms with Gasteiger partial charge in [-0.3, -0.25) is 4.79 Å². The molecule has 0 aliphatic rings. The van der Waals surface area contributed by atoms with E-state index in [0.29, 0.717) is 8.95 Å². The van der Waals surface area contributed by atoms with Crippen molar-refractivity contribution >= 4 is 49.4 Å². The van der Waals surface area contributed by atoms with Crippen molar-refractivity contribution in [1.82, 2.24) is 0 Å². The van der Waals surface area contributed by atoms with E-state index in [1.807, 2.05) is 20.8 Å². The van der Waals surface area contributed by atoms with Crippen LogP contribution in [0.25, 0.3) is 0 Å². The summed E-state index contributed by atoms with van der Waals surface area (Å²) in [4.78, 5) is 23.4. The average molecular weight is 408 g/mol. The van der Waals surface area contributed by atoms with Crippen LogP contribution in [-0.4, -0.2) is 23.0 Å². The minimum absolute atomic E-state index is 0.0132. The Morgan fingerprint density at radius 2 is 1.85 bits per heavy atom. The van der Waals surface area contributed by atoms with Crippen LogP contribution >= 0.6 is 31.9 Å². The topological polar surface area (TPSA) is 92.4 Å². The number of carboxylic acids is 1. The lowest BCUT2D eigenvalue weighted by atomic mass is 9.87. The molecule has 1 amide bonds. The summed E-state index contributed by atoms with van der Waals surface area (Å²) in [6, 6.07) is 2.33. The van der Waals surface area contributed by atoms with Crippen molar-refractivity contribution in [3.8, 4) is 0 Å². The number of nitrogens with one attached hydrogen (secondary N) is 1. The van der Waals surface area contributed by atoms with Gasteiger partial charge in [0, 0.05) is 8.95 Å². The number of benzene rings is 1. The van der Waals surface area contributed by atoms with Gasteiger partial charge in [-0.25, -0.2) is 4.79 Å². The maximum absolute atomic E-state index is 12.1. The molecular formula is C13H16Br2N2O3. The minimum Gasteiger partial charge on any atom is -0.478 e. The first-order valence-corrected chi connectivity index (χ1v) is 7.41. The number of hydrogen-bond donors (Lipinski definition) is 3. The highest BCUT2D eigenvalue weighted by molar-refractivity contribution is 9.11. The van der Waals surface area contributed by atoms with Crippen LogP contribution in [0.3, 0.4) is 0 Å². The maximum atomic E-state index is 12.1. The molecule has 1 aromatic rings. The third-order valence-electron chi connectivity index (χ3n) is 2.75. The summed E-state index contributed by atoms with van der Waals surface area (Å²) in [6.07, 6.45) is 0. The van der Waals surface area contributed by atoms with Gasteiger partial charge in [0.1, 0.15) is 0 Å². The zero-order chi connectivity index (χ0) is 15.7. The Hall–Kier alpha value is -0.920. The Balaban J connectivity index is 3.16. The number of hydrogen-bond acceptors (Lipinski definition) is 3. The molecule has 0 aliphatic heterocycles. The monoisotopic (exact) mass is 406 g/mol. The van der Waals surface area contributed by atoms with Crippen LogP contribution in [0.1, 0.15) is 31.1 Å². The van der Waals surface area contributed by atoms with Gasteiger partial charge in [0.25, 0.3) is 0 Å². The van der Waals surface area contributed by atoms with Crippen molar-refractivity contribution in [2.24, 2.45) is 11.1 Å². The molecule has 0 bridgehead atoms. The molecule has 0 unspecified atom stereocenters. The number of nitrogens with two attached hydrogens (primary N) is 1. The van der Waals surface area contributed by atoms with Crippen molar-refractivity contribution in [3.05, 3.63) is 26.6 Å². The lowest BCUT2D eigenvalue weighted by Crippen LogP contribution is -2.45. The molecule has 7 heteroatoms. The summed E-state index contributed by atoms with van der Waals surface area (Å²) in [5, 5.41) is 11.8. The standard InChI is InChI=1S/C13H16Br2N2O3/c1-13(2,3)10(16)11(18)17-9-7(12(19)20)4-6(14)5-8(9)15/h4-5,10H,16H2,1-3H3,(H,17,18)(H,19,20)/t10-/m0/s1. The second kappa shape index (κ2) is 6.24. The number of rotatable bonds is 3. The molecule has 0 saturated carbocycles. The number of carbonyl (C=O) groups is 2. The molecule has 4 N–H and O–H groups in total. The van der Waals surface area contributed by atoms with Crippen molar-refractivity contribution < 1.29 is 14.7 Å². The summed E-state index contributed by atoms with van der Waals surface area (Å²) in [5.41, 5.74) is 5.63. The molecule has 1 rings (SSSR count). The highest BCUT2D eigenvalue weighted by Crippen LogP contribution is 2.31. The van der Waals surface area contributed by atoms with Crippen molar-refractivity contribution in [2.45, 2.75) is 26.8 Å². The molecule has 110 valence electrons. The Labute approximate surface area is 134 Å². The highest BCUT2D eigenvalue weighted by atomic mass is 79.9. The fourth-order valence-electron chi connectivity index (χ4n) is 1.46. The van der Waals surface area contributed by atoms with Gasteiger partial charge >= 0.3 is 5.97 Å². The summed E-state index contributed by atoms with van der Waals surface area (Å²) in [6.45, 7) is 5.52. The van der Waals surface area contributed by atoms with E-state index in [1.165, 1.54) is 6.07 Å². The third-order valence-corrected chi connectivity index (χ3v) is 3.83. The van der Waals surface area contributed by atoms with Gasteiger partial charge in [-0.05, 0) is 33.5 Å². The van der Waals surface area contributed by atoms with Gasteiger partial charge in [0.2, 0.25) is 5.91 Å². The minimum atomic E-state index is -1.13. The molecule has 1 atom stereocenters. The van der Waals surface area contributed by atoms with Gasteiger partial charge in [-0.2, -0.15) is 0 Å². The van der Waals surface area contributed by atoms with Crippen LogP contribution in [0, 0.1) is 5.41 Å². The van der Waals surface area contributed by atoms with E-state index < -0.39 is 23.3 Å². The zero-order valence-corrected chi connectivity index (χ0v) is 14.5. The number of carbonyl (C=O) groups excluding carboxylic acids is 1. The first-order chi connectivity index (χ1) is 9.04. The van der Waals surface area contributed by atoms with Crippen LogP contribution < -0.4 is 11.1 Å². The quantitative estimate of drug-likeness (QED) is 0.717. The maximum Gasteiger partial charge on any atom is 0.337 e. The van der Waals surface area contributed by atoms with Crippen LogP contribution in [0.4, 0.5) is 5.69 Å². The first kappa shape index (κ1) is 17.1. The predicted molar refractivity (Wildman–Crippen MR) is 84.9 cm³/mol. The highest BCUT2D eigenvalue weighted by Gasteiger charge is 2.29. The fraction of sp³-hybridized carbons (Fsp3) is 0.385. The van der Waals surface area contributed by atoms with Crippen molar-refractivity contribution in [1.29, 1.82) is 0 Å². The van der Waals surface area contributed by atoms with Crippen LogP contribution in [0.5, 0.6) is 0 Å². The summed E-state index contributed by atoms with van der Waals surface area (Å²) >= 11 is 6.46. The smallest absolute Gasteiger partial charge is 0.337 e. The van der Waals surface area contributed by atoms with E-state index >= 15 is 0 Å². The molecule has 0 aliphatic carbocycles. The molecular weight excluding hydrogens is 392 g/mol. The van der Waals surface area contributed by atoms with Gasteiger partial charge < -0.3 is 16.2 Å². The Kier molecular flexibility index (Phi) is 5.34. The van der Waals surface area contributed by atoms with Crippen LogP contribution in [0.2, 0.25) is 0 Å². The fourth-order valence-corrected chi connectivity index (χ4v) is 2.79. The van der Waals surface area contributed by atoms with Crippen molar-refractivity contribution in [3.63, 3.8) is 0 Å². The number of halogens is 2. The van der Waals surface area contributed by atoms with Crippen molar-refractivity contribution in [2.75, 3.05) is 5.32 Å². The molecule has 0 spiro atoms. The number of amides is 1. The van der Waals surface area contributed by atoms with E-state index in [1.54, 1.807) is 6.07 Å². The van der Waals surface area contributed by atoms with Gasteiger partial charge in [-0.15, -0.1) is 0 Å². The SMILES string of the molecule is CC(C)(C)[C@@H](N)C(=O)Nc1c(Br)cc(Br)cc1C(=O)O. The van der Waals surface area contributed by atoms with E-state index in [-0.39, 0.29) is 11.3 Å². The number of aromatic carboxylic acids is 1. The molecule has 0 radical (unpaired) electrons. The molecule has 0 aromatic heterocycles. The Bertz CT molecular complexity index is 553. The Morgan fingerprint density at radius 3 is 2.30 bits per heavy atom. The van der Waals surface area contributed by atoms with Gasteiger partial charge in [-0.1, -0.05) is 36.7 Å². The predicted octanol–water partition coefficient (Wildman–Crippen LogP) is 3.22. The third kappa shape index (κ3) is 4.04. The number of anilines is 1. The Morgan fingerprint density at radius 1 is 1.30 bits per heavy atom. The first-order valence-electron chi connectivity index (χ1n) is 5.83. The lowest BCUT2D eigenvalue weighted by molar-refractivity contribution is -0.119. The van der Waals surface area contributed by atoms with Crippen LogP contribution in [-0.2, 0) is 4.79 Å². The van der Waals surface area contributed by atoms with E-state index in [4.69, 9.17) is 5.73 Å². The average Bonchev–Trinajstić information content (AvgIpc) is 2.29. The molecule has 5 nitrogen and oxygen atoms in total. The largest absolute Gasteiger partial charge is 0.478 e. The van der Waals surface area contributed by atoms with Gasteiger partial charge in [0.05, 0.1) is 17.3 Å². The summed E-state index contributed by atoms with van der Waals surface area (Å²) in [7, 11) is 0. The second-order valence-corrected chi connectivity index (χ2v) is 7.22. The molecule has 0 fully saturated rings.